The van der Waals surface area contributed by atoms with Crippen molar-refractivity contribution in [3.63, 3.8) is 0 Å². The second-order valence-corrected chi connectivity index (χ2v) is 7.93. The van der Waals surface area contributed by atoms with Gasteiger partial charge in [-0.2, -0.15) is 0 Å². The molecule has 27 heavy (non-hydrogen) atoms. The lowest BCUT2D eigenvalue weighted by Crippen LogP contribution is -2.45. The Morgan fingerprint density at radius 1 is 1.19 bits per heavy atom. The molecule has 1 heterocycles. The Kier molecular flexibility index (Phi) is 6.89. The Morgan fingerprint density at radius 3 is 2.70 bits per heavy atom. The number of nitrogens with zero attached hydrogens (tertiary/aromatic N) is 1. The van der Waals surface area contributed by atoms with Crippen LogP contribution in [0.3, 0.4) is 0 Å². The largest absolute Gasteiger partial charge is 0.379 e. The average Bonchev–Trinajstić information content (AvgIpc) is 3.11. The highest BCUT2D eigenvalue weighted by Gasteiger charge is 2.39. The van der Waals surface area contributed by atoms with Gasteiger partial charge in [-0.05, 0) is 51.2 Å². The van der Waals surface area contributed by atoms with Gasteiger partial charge in [0, 0.05) is 31.3 Å². The van der Waals surface area contributed by atoms with Crippen molar-refractivity contribution in [2.24, 2.45) is 11.8 Å². The van der Waals surface area contributed by atoms with Crippen molar-refractivity contribution in [3.05, 3.63) is 29.8 Å². The molecule has 0 spiro atoms. The molecule has 1 saturated carbocycles. The normalized spacial score (nSPS) is 22.0. The lowest BCUT2D eigenvalue weighted by Gasteiger charge is -2.32. The zero-order valence-corrected chi connectivity index (χ0v) is 16.6. The van der Waals surface area contributed by atoms with Gasteiger partial charge >= 0.3 is 0 Å². The van der Waals surface area contributed by atoms with Gasteiger partial charge in [0.25, 0.3) is 0 Å². The Balaban J connectivity index is 1.58. The number of benzene rings is 1. The minimum Gasteiger partial charge on any atom is -0.379 e. The summed E-state index contributed by atoms with van der Waals surface area (Å²) in [5.41, 5.74) is 2.26. The summed E-state index contributed by atoms with van der Waals surface area (Å²) in [7, 11) is 0. The number of para-hydroxylation sites is 1. The number of hydrogen-bond acceptors (Lipinski definition) is 3. The third-order valence-corrected chi connectivity index (χ3v) is 5.64. The van der Waals surface area contributed by atoms with Crippen molar-refractivity contribution < 1.29 is 14.3 Å². The van der Waals surface area contributed by atoms with Crippen LogP contribution in [0.1, 0.15) is 51.5 Å². The van der Waals surface area contributed by atoms with Crippen LogP contribution < -0.4 is 10.2 Å². The lowest BCUT2D eigenvalue weighted by atomic mass is 9.77. The van der Waals surface area contributed by atoms with E-state index in [1.165, 1.54) is 5.56 Å². The number of carbonyl (C=O) groups excluding carboxylic acids is 2. The molecule has 1 aliphatic heterocycles. The van der Waals surface area contributed by atoms with Gasteiger partial charge in [0.2, 0.25) is 11.8 Å². The predicted molar refractivity (Wildman–Crippen MR) is 107 cm³/mol. The first-order valence-corrected chi connectivity index (χ1v) is 10.4. The molecule has 1 N–H and O–H groups in total. The van der Waals surface area contributed by atoms with Crippen LogP contribution >= 0.6 is 0 Å². The monoisotopic (exact) mass is 372 g/mol. The van der Waals surface area contributed by atoms with Crippen molar-refractivity contribution in [2.75, 3.05) is 24.6 Å². The summed E-state index contributed by atoms with van der Waals surface area (Å²) in [5.74, 6) is -0.241. The SMILES string of the molecule is CC(C)OCCCNC(=O)C1CCCCC1C(=O)N1CCc2ccccc21. The Morgan fingerprint density at radius 2 is 1.93 bits per heavy atom. The van der Waals surface area contributed by atoms with Gasteiger partial charge in [-0.1, -0.05) is 31.0 Å². The quantitative estimate of drug-likeness (QED) is 0.747. The number of hydrogen-bond donors (Lipinski definition) is 1. The van der Waals surface area contributed by atoms with Crippen LogP contribution in [-0.4, -0.2) is 37.6 Å². The standard InChI is InChI=1S/C22H32N2O3/c1-16(2)27-15-7-13-23-21(25)18-9-4-5-10-19(18)22(26)24-14-12-17-8-3-6-11-20(17)24/h3,6,8,11,16,18-19H,4-5,7,9-10,12-15H2,1-2H3,(H,23,25). The molecule has 5 heteroatoms. The highest BCUT2D eigenvalue weighted by Crippen LogP contribution is 2.35. The molecule has 0 aromatic heterocycles. The summed E-state index contributed by atoms with van der Waals surface area (Å²) in [6.45, 7) is 6.00. The molecule has 1 aromatic rings. The van der Waals surface area contributed by atoms with Crippen molar-refractivity contribution in [2.45, 2.75) is 58.5 Å². The summed E-state index contributed by atoms with van der Waals surface area (Å²) in [4.78, 5) is 27.9. The Bertz CT molecular complexity index is 659. The molecule has 0 radical (unpaired) electrons. The first-order chi connectivity index (χ1) is 13.1. The van der Waals surface area contributed by atoms with E-state index in [2.05, 4.69) is 11.4 Å². The number of rotatable bonds is 7. The van der Waals surface area contributed by atoms with Crippen LogP contribution in [0.15, 0.2) is 24.3 Å². The van der Waals surface area contributed by atoms with E-state index in [0.717, 1.165) is 50.8 Å². The van der Waals surface area contributed by atoms with Crippen LogP contribution in [0.2, 0.25) is 0 Å². The van der Waals surface area contributed by atoms with E-state index in [9.17, 15) is 9.59 Å². The highest BCUT2D eigenvalue weighted by molar-refractivity contribution is 5.99. The van der Waals surface area contributed by atoms with Crippen molar-refractivity contribution >= 4 is 17.5 Å². The molecule has 0 bridgehead atoms. The van der Waals surface area contributed by atoms with Gasteiger partial charge < -0.3 is 15.0 Å². The summed E-state index contributed by atoms with van der Waals surface area (Å²) in [6, 6.07) is 8.11. The van der Waals surface area contributed by atoms with Gasteiger partial charge in [0.15, 0.2) is 0 Å². The van der Waals surface area contributed by atoms with Crippen LogP contribution in [0.4, 0.5) is 5.69 Å². The number of nitrogens with one attached hydrogen (secondary N) is 1. The molecule has 1 aliphatic carbocycles. The average molecular weight is 373 g/mol. The number of amides is 2. The van der Waals surface area contributed by atoms with E-state index in [-0.39, 0.29) is 29.8 Å². The topological polar surface area (TPSA) is 58.6 Å². The Hall–Kier alpha value is -1.88. The fraction of sp³-hybridized carbons (Fsp3) is 0.636. The van der Waals surface area contributed by atoms with Crippen molar-refractivity contribution in [1.82, 2.24) is 5.32 Å². The fourth-order valence-corrected chi connectivity index (χ4v) is 4.24. The molecular formula is C22H32N2O3. The Labute approximate surface area is 162 Å². The number of fused-ring (bicyclic) bond motifs is 1. The van der Waals surface area contributed by atoms with E-state index in [1.807, 2.05) is 36.9 Å². The van der Waals surface area contributed by atoms with Gasteiger partial charge in [0.1, 0.15) is 0 Å². The highest BCUT2D eigenvalue weighted by atomic mass is 16.5. The van der Waals surface area contributed by atoms with Crippen LogP contribution in [-0.2, 0) is 20.7 Å². The van der Waals surface area contributed by atoms with E-state index in [1.54, 1.807) is 0 Å². The zero-order chi connectivity index (χ0) is 19.2. The van der Waals surface area contributed by atoms with Crippen LogP contribution in [0.5, 0.6) is 0 Å². The molecule has 2 amide bonds. The van der Waals surface area contributed by atoms with Crippen molar-refractivity contribution in [3.8, 4) is 0 Å². The lowest BCUT2D eigenvalue weighted by molar-refractivity contribution is -0.135. The molecule has 2 aliphatic rings. The summed E-state index contributed by atoms with van der Waals surface area (Å²) in [6.07, 6.45) is 5.58. The minimum atomic E-state index is -0.204. The first kappa shape index (κ1) is 19.9. The number of anilines is 1. The molecule has 2 unspecified atom stereocenters. The predicted octanol–water partition coefficient (Wildman–Crippen LogP) is 3.31. The van der Waals surface area contributed by atoms with E-state index < -0.39 is 0 Å². The maximum atomic E-state index is 13.3. The molecule has 2 atom stereocenters. The fourth-order valence-electron chi connectivity index (χ4n) is 4.24. The maximum absolute atomic E-state index is 13.3. The summed E-state index contributed by atoms with van der Waals surface area (Å²) in [5, 5.41) is 3.03. The molecule has 0 saturated heterocycles. The van der Waals surface area contributed by atoms with Crippen LogP contribution in [0.25, 0.3) is 0 Å². The number of ether oxygens (including phenoxy) is 1. The third-order valence-electron chi connectivity index (χ3n) is 5.64. The zero-order valence-electron chi connectivity index (χ0n) is 16.6. The second kappa shape index (κ2) is 9.36. The van der Waals surface area contributed by atoms with E-state index in [4.69, 9.17) is 4.74 Å². The van der Waals surface area contributed by atoms with E-state index in [0.29, 0.717) is 13.2 Å². The molecule has 148 valence electrons. The molecular weight excluding hydrogens is 340 g/mol. The van der Waals surface area contributed by atoms with Gasteiger partial charge in [-0.3, -0.25) is 9.59 Å². The molecule has 3 rings (SSSR count). The van der Waals surface area contributed by atoms with Crippen molar-refractivity contribution in [1.29, 1.82) is 0 Å². The molecule has 5 nitrogen and oxygen atoms in total. The molecule has 1 aromatic carbocycles. The third kappa shape index (κ3) is 4.89. The first-order valence-electron chi connectivity index (χ1n) is 10.4. The van der Waals surface area contributed by atoms with Gasteiger partial charge in [0.05, 0.1) is 12.0 Å². The second-order valence-electron chi connectivity index (χ2n) is 7.93. The summed E-state index contributed by atoms with van der Waals surface area (Å²) >= 11 is 0. The van der Waals surface area contributed by atoms with Crippen LogP contribution in [0, 0.1) is 11.8 Å². The number of carbonyl (C=O) groups is 2. The smallest absolute Gasteiger partial charge is 0.230 e. The van der Waals surface area contributed by atoms with E-state index >= 15 is 0 Å². The van der Waals surface area contributed by atoms with Gasteiger partial charge in [-0.15, -0.1) is 0 Å². The minimum absolute atomic E-state index is 0.0325. The summed E-state index contributed by atoms with van der Waals surface area (Å²) < 4.78 is 5.52. The van der Waals surface area contributed by atoms with Gasteiger partial charge in [-0.25, -0.2) is 0 Å². The molecule has 1 fully saturated rings. The maximum Gasteiger partial charge on any atom is 0.230 e.